The number of carboxylic acid groups (broad SMARTS) is 1. The molecule has 1 aromatic rings. The average Bonchev–Trinajstić information content (AvgIpc) is 2.98. The summed E-state index contributed by atoms with van der Waals surface area (Å²) in [6, 6.07) is 4.11. The molecule has 0 radical (unpaired) electrons. The Kier molecular flexibility index (Phi) is 5.32. The van der Waals surface area contributed by atoms with Crippen molar-refractivity contribution in [3.05, 3.63) is 23.8 Å². The number of hydrogen-bond donors (Lipinski definition) is 3. The molecule has 0 bridgehead atoms. The average molecular weight is 310 g/mol. The number of nitrogens with one attached hydrogen (secondary N) is 2. The highest BCUT2D eigenvalue weighted by Crippen LogP contribution is 2.25. The van der Waals surface area contributed by atoms with Crippen LogP contribution in [0.5, 0.6) is 5.75 Å². The highest BCUT2D eigenvalue weighted by Gasteiger charge is 2.17. The third-order valence-electron chi connectivity index (χ3n) is 3.22. The molecule has 1 unspecified atom stereocenters. The molecule has 114 valence electrons. The SMILES string of the molecule is COc1ccc(NC(=O)NCC2CCCS2)c(C(=O)O)c1. The lowest BCUT2D eigenvalue weighted by Crippen LogP contribution is -2.33. The van der Waals surface area contributed by atoms with Crippen molar-refractivity contribution in [1.29, 1.82) is 0 Å². The molecule has 1 heterocycles. The van der Waals surface area contributed by atoms with Gasteiger partial charge in [0.2, 0.25) is 0 Å². The monoisotopic (exact) mass is 310 g/mol. The Labute approximate surface area is 127 Å². The van der Waals surface area contributed by atoms with Crippen molar-refractivity contribution in [3.63, 3.8) is 0 Å². The van der Waals surface area contributed by atoms with Crippen molar-refractivity contribution < 1.29 is 19.4 Å². The maximum Gasteiger partial charge on any atom is 0.337 e. The summed E-state index contributed by atoms with van der Waals surface area (Å²) < 4.78 is 4.99. The predicted molar refractivity (Wildman–Crippen MR) is 82.5 cm³/mol. The molecule has 1 aliphatic rings. The number of urea groups is 1. The summed E-state index contributed by atoms with van der Waals surface area (Å²) in [4.78, 5) is 23.1. The van der Waals surface area contributed by atoms with E-state index in [0.717, 1.165) is 12.2 Å². The van der Waals surface area contributed by atoms with Crippen LogP contribution in [0.3, 0.4) is 0 Å². The van der Waals surface area contributed by atoms with Gasteiger partial charge in [-0.25, -0.2) is 9.59 Å². The van der Waals surface area contributed by atoms with E-state index in [2.05, 4.69) is 10.6 Å². The van der Waals surface area contributed by atoms with E-state index in [4.69, 9.17) is 4.74 Å². The van der Waals surface area contributed by atoms with Crippen LogP contribution >= 0.6 is 11.8 Å². The van der Waals surface area contributed by atoms with E-state index in [1.807, 2.05) is 11.8 Å². The first-order valence-electron chi connectivity index (χ1n) is 6.68. The van der Waals surface area contributed by atoms with E-state index in [1.165, 1.54) is 25.7 Å². The number of rotatable bonds is 5. The van der Waals surface area contributed by atoms with Gasteiger partial charge in [-0.15, -0.1) is 0 Å². The second kappa shape index (κ2) is 7.21. The van der Waals surface area contributed by atoms with Crippen LogP contribution in [0.25, 0.3) is 0 Å². The van der Waals surface area contributed by atoms with Crippen LogP contribution in [0, 0.1) is 0 Å². The van der Waals surface area contributed by atoms with Gasteiger partial charge in [0.15, 0.2) is 0 Å². The number of amides is 2. The van der Waals surface area contributed by atoms with Crippen molar-refractivity contribution in [2.75, 3.05) is 24.7 Å². The van der Waals surface area contributed by atoms with Crippen LogP contribution in [0.15, 0.2) is 18.2 Å². The fourth-order valence-electron chi connectivity index (χ4n) is 2.11. The van der Waals surface area contributed by atoms with Gasteiger partial charge in [-0.2, -0.15) is 11.8 Å². The molecule has 2 amide bonds. The van der Waals surface area contributed by atoms with Crippen LogP contribution < -0.4 is 15.4 Å². The third-order valence-corrected chi connectivity index (χ3v) is 4.62. The standard InChI is InChI=1S/C14H18N2O4S/c1-20-9-4-5-12(11(7-9)13(17)18)16-14(19)15-8-10-3-2-6-21-10/h4-5,7,10H,2-3,6,8H2,1H3,(H,17,18)(H2,15,16,19). The summed E-state index contributed by atoms with van der Waals surface area (Å²) in [5, 5.41) is 15.0. The number of thioether (sulfide) groups is 1. The van der Waals surface area contributed by atoms with Crippen LogP contribution in [0.2, 0.25) is 0 Å². The van der Waals surface area contributed by atoms with Crippen molar-refractivity contribution in [2.45, 2.75) is 18.1 Å². The smallest absolute Gasteiger partial charge is 0.337 e. The van der Waals surface area contributed by atoms with Crippen LogP contribution in [-0.2, 0) is 0 Å². The van der Waals surface area contributed by atoms with E-state index < -0.39 is 12.0 Å². The second-order valence-electron chi connectivity index (χ2n) is 4.69. The fourth-order valence-corrected chi connectivity index (χ4v) is 3.32. The van der Waals surface area contributed by atoms with Crippen molar-refractivity contribution in [1.82, 2.24) is 5.32 Å². The molecule has 1 aliphatic heterocycles. The van der Waals surface area contributed by atoms with Gasteiger partial charge in [0.25, 0.3) is 0 Å². The molecule has 2 rings (SSSR count). The minimum atomic E-state index is -1.12. The summed E-state index contributed by atoms with van der Waals surface area (Å²) >= 11 is 1.85. The lowest BCUT2D eigenvalue weighted by atomic mass is 10.1. The molecule has 0 aliphatic carbocycles. The Morgan fingerprint density at radius 3 is 2.90 bits per heavy atom. The van der Waals surface area contributed by atoms with Gasteiger partial charge in [0, 0.05) is 11.8 Å². The molecule has 6 nitrogen and oxygen atoms in total. The molecule has 0 aromatic heterocycles. The molecule has 7 heteroatoms. The van der Waals surface area contributed by atoms with Gasteiger partial charge in [0.05, 0.1) is 18.4 Å². The number of methoxy groups -OCH3 is 1. The largest absolute Gasteiger partial charge is 0.497 e. The minimum Gasteiger partial charge on any atom is -0.497 e. The highest BCUT2D eigenvalue weighted by molar-refractivity contribution is 8.00. The van der Waals surface area contributed by atoms with Crippen molar-refractivity contribution >= 4 is 29.4 Å². The summed E-state index contributed by atoms with van der Waals surface area (Å²) in [6.07, 6.45) is 2.29. The van der Waals surface area contributed by atoms with E-state index in [1.54, 1.807) is 6.07 Å². The molecule has 1 aromatic carbocycles. The number of ether oxygens (including phenoxy) is 1. The van der Waals surface area contributed by atoms with Crippen LogP contribution in [-0.4, -0.2) is 41.8 Å². The molecule has 1 saturated heterocycles. The zero-order chi connectivity index (χ0) is 15.2. The first kappa shape index (κ1) is 15.5. The van der Waals surface area contributed by atoms with E-state index in [0.29, 0.717) is 17.5 Å². The zero-order valence-electron chi connectivity index (χ0n) is 11.7. The van der Waals surface area contributed by atoms with Gasteiger partial charge in [0.1, 0.15) is 5.75 Å². The lowest BCUT2D eigenvalue weighted by molar-refractivity contribution is 0.0697. The normalized spacial score (nSPS) is 17.3. The van der Waals surface area contributed by atoms with Gasteiger partial charge < -0.3 is 20.5 Å². The number of carbonyl (C=O) groups excluding carboxylic acids is 1. The van der Waals surface area contributed by atoms with Crippen molar-refractivity contribution in [3.8, 4) is 5.75 Å². The Morgan fingerprint density at radius 1 is 1.48 bits per heavy atom. The summed E-state index contributed by atoms with van der Waals surface area (Å²) in [5.74, 6) is 0.451. The van der Waals surface area contributed by atoms with Crippen LogP contribution in [0.1, 0.15) is 23.2 Å². The lowest BCUT2D eigenvalue weighted by Gasteiger charge is -2.13. The number of aromatic carboxylic acids is 1. The van der Waals surface area contributed by atoms with Gasteiger partial charge >= 0.3 is 12.0 Å². The van der Waals surface area contributed by atoms with E-state index in [-0.39, 0.29) is 11.3 Å². The zero-order valence-corrected chi connectivity index (χ0v) is 12.5. The molecular formula is C14H18N2O4S. The summed E-state index contributed by atoms with van der Waals surface area (Å²) in [5.41, 5.74) is 0.250. The second-order valence-corrected chi connectivity index (χ2v) is 6.09. The minimum absolute atomic E-state index is 0.000239. The van der Waals surface area contributed by atoms with Crippen molar-refractivity contribution in [2.24, 2.45) is 0 Å². The van der Waals surface area contributed by atoms with Gasteiger partial charge in [-0.1, -0.05) is 0 Å². The maximum absolute atomic E-state index is 11.8. The molecule has 0 spiro atoms. The topological polar surface area (TPSA) is 87.7 Å². The third kappa shape index (κ3) is 4.29. The molecule has 3 N–H and O–H groups in total. The van der Waals surface area contributed by atoms with E-state index >= 15 is 0 Å². The Hall–Kier alpha value is -1.89. The molecular weight excluding hydrogens is 292 g/mol. The summed E-state index contributed by atoms with van der Waals surface area (Å²) in [7, 11) is 1.46. The molecule has 1 atom stereocenters. The first-order valence-corrected chi connectivity index (χ1v) is 7.73. The Balaban J connectivity index is 1.97. The Morgan fingerprint density at radius 2 is 2.29 bits per heavy atom. The highest BCUT2D eigenvalue weighted by atomic mass is 32.2. The quantitative estimate of drug-likeness (QED) is 0.777. The molecule has 0 saturated carbocycles. The fraction of sp³-hybridized carbons (Fsp3) is 0.429. The Bertz CT molecular complexity index is 530. The molecule has 1 fully saturated rings. The number of benzene rings is 1. The first-order chi connectivity index (χ1) is 10.1. The number of carboxylic acids is 1. The predicted octanol–water partition coefficient (Wildman–Crippen LogP) is 2.41. The number of anilines is 1. The number of carbonyl (C=O) groups is 2. The van der Waals surface area contributed by atoms with Crippen LogP contribution in [0.4, 0.5) is 10.5 Å². The maximum atomic E-state index is 11.8. The van der Waals surface area contributed by atoms with Gasteiger partial charge in [-0.3, -0.25) is 0 Å². The number of hydrogen-bond acceptors (Lipinski definition) is 4. The summed E-state index contributed by atoms with van der Waals surface area (Å²) in [6.45, 7) is 0.592. The molecule has 21 heavy (non-hydrogen) atoms. The van der Waals surface area contributed by atoms with Gasteiger partial charge in [-0.05, 0) is 36.8 Å². The van der Waals surface area contributed by atoms with E-state index in [9.17, 15) is 14.7 Å².